The Balaban J connectivity index is 2.10. The monoisotopic (exact) mass is 275 g/mol. The van der Waals surface area contributed by atoms with Gasteiger partial charge in [0.15, 0.2) is 0 Å². The smallest absolute Gasteiger partial charge is 0.317 e. The van der Waals surface area contributed by atoms with Gasteiger partial charge >= 0.3 is 5.97 Å². The van der Waals surface area contributed by atoms with E-state index >= 15 is 0 Å². The van der Waals surface area contributed by atoms with Gasteiger partial charge in [0, 0.05) is 5.56 Å². The summed E-state index contributed by atoms with van der Waals surface area (Å²) in [5.41, 5.74) is 1.98. The van der Waals surface area contributed by atoms with Crippen LogP contribution < -0.4 is 0 Å². The van der Waals surface area contributed by atoms with Gasteiger partial charge in [-0.25, -0.2) is 0 Å². The van der Waals surface area contributed by atoms with Crippen molar-refractivity contribution >= 4 is 5.97 Å². The van der Waals surface area contributed by atoms with Crippen LogP contribution in [0.3, 0.4) is 0 Å². The Morgan fingerprint density at radius 3 is 2.85 bits per heavy atom. The highest BCUT2D eigenvalue weighted by molar-refractivity contribution is 5.69. The Bertz CT molecular complexity index is 595. The number of rotatable bonds is 6. The van der Waals surface area contributed by atoms with Gasteiger partial charge in [-0.2, -0.15) is 0 Å². The normalized spacial score (nSPS) is 10.9. The van der Waals surface area contributed by atoms with Crippen molar-refractivity contribution in [2.45, 2.75) is 20.4 Å². The van der Waals surface area contributed by atoms with Crippen molar-refractivity contribution in [1.29, 1.82) is 0 Å². The molecule has 0 saturated carbocycles. The molecule has 0 aliphatic rings. The number of hydrogen-bond donors (Lipinski definition) is 1. The van der Waals surface area contributed by atoms with Crippen LogP contribution in [0.4, 0.5) is 0 Å². The van der Waals surface area contributed by atoms with Gasteiger partial charge in [0.2, 0.25) is 11.8 Å². The molecule has 0 aliphatic heterocycles. The second-order valence-electron chi connectivity index (χ2n) is 4.57. The summed E-state index contributed by atoms with van der Waals surface area (Å²) in [4.78, 5) is 12.4. The van der Waals surface area contributed by atoms with Crippen LogP contribution in [0.25, 0.3) is 11.5 Å². The first-order chi connectivity index (χ1) is 9.58. The highest BCUT2D eigenvalue weighted by atomic mass is 16.4. The predicted octanol–water partition coefficient (Wildman–Crippen LogP) is 1.95. The molecule has 0 unspecified atom stereocenters. The number of nitrogens with zero attached hydrogens (tertiary/aromatic N) is 3. The molecular formula is C14H17N3O3. The van der Waals surface area contributed by atoms with Crippen molar-refractivity contribution in [2.75, 3.05) is 13.1 Å². The van der Waals surface area contributed by atoms with Crippen LogP contribution in [0.1, 0.15) is 18.4 Å². The highest BCUT2D eigenvalue weighted by Crippen LogP contribution is 2.19. The molecule has 6 nitrogen and oxygen atoms in total. The molecule has 0 saturated heterocycles. The van der Waals surface area contributed by atoms with E-state index in [4.69, 9.17) is 9.52 Å². The molecule has 0 spiro atoms. The zero-order valence-corrected chi connectivity index (χ0v) is 11.5. The van der Waals surface area contributed by atoms with Gasteiger partial charge in [-0.05, 0) is 25.6 Å². The summed E-state index contributed by atoms with van der Waals surface area (Å²) in [5, 5.41) is 16.8. The van der Waals surface area contributed by atoms with Gasteiger partial charge in [0.1, 0.15) is 0 Å². The molecule has 1 aromatic heterocycles. The molecule has 0 amide bonds. The fraction of sp³-hybridized carbons (Fsp3) is 0.357. The third kappa shape index (κ3) is 3.64. The summed E-state index contributed by atoms with van der Waals surface area (Å²) >= 11 is 0. The lowest BCUT2D eigenvalue weighted by atomic mass is 10.1. The van der Waals surface area contributed by atoms with E-state index in [-0.39, 0.29) is 6.54 Å². The van der Waals surface area contributed by atoms with E-state index in [0.717, 1.165) is 11.1 Å². The topological polar surface area (TPSA) is 79.5 Å². The quantitative estimate of drug-likeness (QED) is 0.868. The molecule has 0 atom stereocenters. The fourth-order valence-electron chi connectivity index (χ4n) is 1.87. The maximum Gasteiger partial charge on any atom is 0.317 e. The fourth-order valence-corrected chi connectivity index (χ4v) is 1.87. The average Bonchev–Trinajstić information content (AvgIpc) is 2.86. The molecule has 6 heteroatoms. The number of aliphatic carboxylic acids is 1. The molecule has 2 aromatic rings. The van der Waals surface area contributed by atoms with Crippen LogP contribution in [-0.4, -0.2) is 39.3 Å². The first-order valence-corrected chi connectivity index (χ1v) is 6.42. The summed E-state index contributed by atoms with van der Waals surface area (Å²) in [6.07, 6.45) is 0. The van der Waals surface area contributed by atoms with Gasteiger partial charge in [0.25, 0.3) is 0 Å². The van der Waals surface area contributed by atoms with Gasteiger partial charge in [0.05, 0.1) is 13.1 Å². The number of hydrogen-bond acceptors (Lipinski definition) is 5. The molecule has 106 valence electrons. The van der Waals surface area contributed by atoms with E-state index in [0.29, 0.717) is 24.9 Å². The number of aryl methyl sites for hydroxylation is 1. The van der Waals surface area contributed by atoms with Crippen LogP contribution in [0, 0.1) is 6.92 Å². The number of likely N-dealkylation sites (N-methyl/N-ethyl adjacent to an activating group) is 1. The summed E-state index contributed by atoms with van der Waals surface area (Å²) in [5.74, 6) is 0.00459. The Morgan fingerprint density at radius 1 is 1.40 bits per heavy atom. The molecule has 1 N–H and O–H groups in total. The third-order valence-corrected chi connectivity index (χ3v) is 2.90. The molecule has 2 rings (SSSR count). The minimum atomic E-state index is -0.870. The van der Waals surface area contributed by atoms with Crippen LogP contribution in [0.15, 0.2) is 28.7 Å². The number of aromatic nitrogens is 2. The van der Waals surface area contributed by atoms with Gasteiger partial charge in [-0.15, -0.1) is 10.2 Å². The number of carbonyl (C=O) groups is 1. The Labute approximate surface area is 117 Å². The first-order valence-electron chi connectivity index (χ1n) is 6.42. The largest absolute Gasteiger partial charge is 0.480 e. The standard InChI is InChI=1S/C14H17N3O3/c1-3-17(9-13(18)19)8-12-15-16-14(20-12)11-6-4-5-10(2)7-11/h4-7H,3,8-9H2,1-2H3,(H,18,19). The van der Waals surface area contributed by atoms with Crippen molar-refractivity contribution in [2.24, 2.45) is 0 Å². The zero-order valence-electron chi connectivity index (χ0n) is 11.5. The van der Waals surface area contributed by atoms with Crippen molar-refractivity contribution in [3.05, 3.63) is 35.7 Å². The van der Waals surface area contributed by atoms with Crippen LogP contribution in [0.2, 0.25) is 0 Å². The van der Waals surface area contributed by atoms with E-state index in [1.54, 1.807) is 4.90 Å². The molecule has 1 heterocycles. The third-order valence-electron chi connectivity index (χ3n) is 2.90. The summed E-state index contributed by atoms with van der Waals surface area (Å²) in [7, 11) is 0. The second-order valence-corrected chi connectivity index (χ2v) is 4.57. The van der Waals surface area contributed by atoms with E-state index in [1.807, 2.05) is 38.1 Å². The number of carboxylic acid groups (broad SMARTS) is 1. The number of benzene rings is 1. The van der Waals surface area contributed by atoms with Crippen LogP contribution in [0.5, 0.6) is 0 Å². The van der Waals surface area contributed by atoms with Crippen molar-refractivity contribution in [1.82, 2.24) is 15.1 Å². The molecule has 20 heavy (non-hydrogen) atoms. The van der Waals surface area contributed by atoms with Crippen molar-refractivity contribution < 1.29 is 14.3 Å². The van der Waals surface area contributed by atoms with Crippen molar-refractivity contribution in [3.8, 4) is 11.5 Å². The minimum Gasteiger partial charge on any atom is -0.480 e. The maximum absolute atomic E-state index is 10.7. The summed E-state index contributed by atoms with van der Waals surface area (Å²) in [6, 6.07) is 7.79. The Hall–Kier alpha value is -2.21. The van der Waals surface area contributed by atoms with Gasteiger partial charge in [-0.3, -0.25) is 9.69 Å². The SMILES string of the molecule is CCN(CC(=O)O)Cc1nnc(-c2cccc(C)c2)o1. The van der Waals surface area contributed by atoms with Crippen LogP contribution in [-0.2, 0) is 11.3 Å². The van der Waals surface area contributed by atoms with E-state index in [2.05, 4.69) is 10.2 Å². The van der Waals surface area contributed by atoms with Gasteiger partial charge in [-0.1, -0.05) is 24.6 Å². The Kier molecular flexibility index (Phi) is 4.47. The molecule has 0 fully saturated rings. The van der Waals surface area contributed by atoms with E-state index in [1.165, 1.54) is 0 Å². The zero-order chi connectivity index (χ0) is 14.5. The van der Waals surface area contributed by atoms with Crippen molar-refractivity contribution in [3.63, 3.8) is 0 Å². The van der Waals surface area contributed by atoms with E-state index in [9.17, 15) is 4.79 Å². The van der Waals surface area contributed by atoms with E-state index < -0.39 is 5.97 Å². The summed E-state index contributed by atoms with van der Waals surface area (Å²) in [6.45, 7) is 4.78. The second kappa shape index (κ2) is 6.29. The minimum absolute atomic E-state index is 0.0430. The molecule has 0 aliphatic carbocycles. The lowest BCUT2D eigenvalue weighted by molar-refractivity contribution is -0.138. The molecule has 0 bridgehead atoms. The average molecular weight is 275 g/mol. The lowest BCUT2D eigenvalue weighted by Crippen LogP contribution is -2.29. The van der Waals surface area contributed by atoms with Crippen LogP contribution >= 0.6 is 0 Å². The first kappa shape index (κ1) is 14.2. The maximum atomic E-state index is 10.7. The van der Waals surface area contributed by atoms with Gasteiger partial charge < -0.3 is 9.52 Å². The Morgan fingerprint density at radius 2 is 2.20 bits per heavy atom. The summed E-state index contributed by atoms with van der Waals surface area (Å²) < 4.78 is 5.58. The highest BCUT2D eigenvalue weighted by Gasteiger charge is 2.14. The number of carboxylic acids is 1. The predicted molar refractivity (Wildman–Crippen MR) is 73.1 cm³/mol. The molecule has 1 aromatic carbocycles. The lowest BCUT2D eigenvalue weighted by Gasteiger charge is -2.14. The molecular weight excluding hydrogens is 258 g/mol. The molecule has 0 radical (unpaired) electrons.